The van der Waals surface area contributed by atoms with Crippen molar-refractivity contribution in [2.45, 2.75) is 25.3 Å². The number of nitrogens with zero attached hydrogens (tertiary/aromatic N) is 6. The fraction of sp³-hybridized carbons (Fsp3) is 0.269. The Morgan fingerprint density at radius 3 is 2.53 bits per heavy atom. The van der Waals surface area contributed by atoms with Gasteiger partial charge in [-0.25, -0.2) is 15.0 Å². The molecule has 1 aliphatic carbocycles. The van der Waals surface area contributed by atoms with E-state index in [1.54, 1.807) is 39.3 Å². The molecule has 0 radical (unpaired) electrons. The van der Waals surface area contributed by atoms with Gasteiger partial charge < -0.3 is 19.0 Å². The quantitative estimate of drug-likeness (QED) is 0.413. The van der Waals surface area contributed by atoms with E-state index in [0.29, 0.717) is 28.0 Å². The van der Waals surface area contributed by atoms with Gasteiger partial charge in [0.1, 0.15) is 5.52 Å². The molecule has 1 aliphatic rings. The summed E-state index contributed by atoms with van der Waals surface area (Å²) in [6.45, 7) is 0. The zero-order valence-electron chi connectivity index (χ0n) is 20.1. The minimum absolute atomic E-state index is 0.0417. The SMILES string of the molecule is CN(C)C(=O)c1ccc2nc(-c3nc(-c4nc5ccccc5o4)c(O)c(=O)n3C)n(C3CCC3)c2c1. The Kier molecular flexibility index (Phi) is 4.92. The second kappa shape index (κ2) is 8.04. The summed E-state index contributed by atoms with van der Waals surface area (Å²) in [4.78, 5) is 41.1. The first-order valence-electron chi connectivity index (χ1n) is 11.7. The molecular formula is C26H24N6O4. The topological polar surface area (TPSA) is 119 Å². The van der Waals surface area contributed by atoms with Crippen molar-refractivity contribution in [1.29, 1.82) is 0 Å². The largest absolute Gasteiger partial charge is 0.501 e. The standard InChI is InChI=1S/C26H24N6O4/c1-30(2)25(34)14-11-12-16-18(13-14)32(15-7-6-8-15)23(27-16)22-29-20(21(33)26(35)31(22)3)24-28-17-9-4-5-10-19(17)36-24/h4-5,9-13,15,33H,6-8H2,1-3H3. The number of para-hydroxylation sites is 2. The Morgan fingerprint density at radius 2 is 1.83 bits per heavy atom. The maximum Gasteiger partial charge on any atom is 0.296 e. The van der Waals surface area contributed by atoms with Crippen molar-refractivity contribution in [3.05, 3.63) is 58.4 Å². The Morgan fingerprint density at radius 1 is 1.06 bits per heavy atom. The molecule has 3 heterocycles. The number of amides is 1. The van der Waals surface area contributed by atoms with Gasteiger partial charge in [-0.1, -0.05) is 12.1 Å². The summed E-state index contributed by atoms with van der Waals surface area (Å²) in [6, 6.07) is 12.7. The van der Waals surface area contributed by atoms with Crippen molar-refractivity contribution in [3.63, 3.8) is 0 Å². The number of carbonyl (C=O) groups excluding carboxylic acids is 1. The number of hydrogen-bond donors (Lipinski definition) is 1. The van der Waals surface area contributed by atoms with Crippen LogP contribution in [0.3, 0.4) is 0 Å². The molecule has 0 aliphatic heterocycles. The fourth-order valence-electron chi connectivity index (χ4n) is 4.57. The Bertz CT molecular complexity index is 1690. The van der Waals surface area contributed by atoms with E-state index in [1.165, 1.54) is 9.47 Å². The lowest BCUT2D eigenvalue weighted by atomic mass is 9.92. The molecule has 0 spiro atoms. The second-order valence-electron chi connectivity index (χ2n) is 9.28. The lowest BCUT2D eigenvalue weighted by molar-refractivity contribution is 0.0827. The third kappa shape index (κ3) is 3.29. The first-order valence-corrected chi connectivity index (χ1v) is 11.7. The van der Waals surface area contributed by atoms with Gasteiger partial charge in [-0.05, 0) is 49.6 Å². The normalized spacial score (nSPS) is 13.9. The van der Waals surface area contributed by atoms with Crippen molar-refractivity contribution in [3.8, 4) is 29.0 Å². The summed E-state index contributed by atoms with van der Waals surface area (Å²) in [5.41, 5.74) is 2.49. The number of carbonyl (C=O) groups is 1. The molecule has 0 atom stereocenters. The van der Waals surface area contributed by atoms with Gasteiger partial charge in [-0.15, -0.1) is 0 Å². The van der Waals surface area contributed by atoms with Crippen LogP contribution in [0.25, 0.3) is 45.4 Å². The molecule has 3 aromatic heterocycles. The van der Waals surface area contributed by atoms with Crippen molar-refractivity contribution in [2.75, 3.05) is 14.1 Å². The third-order valence-electron chi connectivity index (χ3n) is 6.75. The van der Waals surface area contributed by atoms with Gasteiger partial charge in [0.15, 0.2) is 22.9 Å². The molecule has 0 unspecified atom stereocenters. The Hall–Kier alpha value is -4.47. The molecule has 182 valence electrons. The molecule has 1 saturated carbocycles. The minimum atomic E-state index is -0.632. The van der Waals surface area contributed by atoms with Crippen LogP contribution in [0, 0.1) is 0 Å². The van der Waals surface area contributed by atoms with E-state index in [9.17, 15) is 14.7 Å². The highest BCUT2D eigenvalue weighted by Gasteiger charge is 2.29. The summed E-state index contributed by atoms with van der Waals surface area (Å²) in [5.74, 6) is 0.170. The van der Waals surface area contributed by atoms with Gasteiger partial charge in [0.05, 0.1) is 11.0 Å². The smallest absolute Gasteiger partial charge is 0.296 e. The summed E-state index contributed by atoms with van der Waals surface area (Å²) in [6.07, 6.45) is 2.98. The molecule has 10 heteroatoms. The number of rotatable bonds is 4. The van der Waals surface area contributed by atoms with Crippen LogP contribution < -0.4 is 5.56 Å². The second-order valence-corrected chi connectivity index (χ2v) is 9.28. The van der Waals surface area contributed by atoms with Crippen molar-refractivity contribution in [1.82, 2.24) is 29.0 Å². The lowest BCUT2D eigenvalue weighted by Crippen LogP contribution is -2.24. The molecule has 0 bridgehead atoms. The van der Waals surface area contributed by atoms with Gasteiger partial charge >= 0.3 is 0 Å². The maximum atomic E-state index is 13.1. The van der Waals surface area contributed by atoms with E-state index in [1.807, 2.05) is 24.3 Å². The average Bonchev–Trinajstić information content (AvgIpc) is 3.43. The number of aromatic nitrogens is 5. The summed E-state index contributed by atoms with van der Waals surface area (Å²) in [7, 11) is 4.97. The summed E-state index contributed by atoms with van der Waals surface area (Å²) < 4.78 is 9.14. The van der Waals surface area contributed by atoms with Crippen LogP contribution in [0.4, 0.5) is 0 Å². The highest BCUT2D eigenvalue weighted by Crippen LogP contribution is 2.39. The number of hydrogen-bond acceptors (Lipinski definition) is 7. The van der Waals surface area contributed by atoms with Crippen LogP contribution in [0.1, 0.15) is 35.7 Å². The van der Waals surface area contributed by atoms with Crippen LogP contribution in [0.15, 0.2) is 51.7 Å². The predicted molar refractivity (Wildman–Crippen MR) is 134 cm³/mol. The van der Waals surface area contributed by atoms with E-state index in [0.717, 1.165) is 24.8 Å². The highest BCUT2D eigenvalue weighted by molar-refractivity contribution is 5.97. The molecule has 1 amide bonds. The van der Waals surface area contributed by atoms with Crippen LogP contribution >= 0.6 is 0 Å². The van der Waals surface area contributed by atoms with E-state index in [4.69, 9.17) is 9.40 Å². The molecule has 1 N–H and O–H groups in total. The number of aromatic hydroxyl groups is 1. The van der Waals surface area contributed by atoms with Gasteiger partial charge in [0.25, 0.3) is 11.5 Å². The van der Waals surface area contributed by atoms with Gasteiger partial charge in [0, 0.05) is 32.7 Å². The van der Waals surface area contributed by atoms with E-state index in [-0.39, 0.29) is 29.4 Å². The van der Waals surface area contributed by atoms with Crippen LogP contribution in [-0.4, -0.2) is 54.1 Å². The van der Waals surface area contributed by atoms with E-state index >= 15 is 0 Å². The van der Waals surface area contributed by atoms with Gasteiger partial charge in [0.2, 0.25) is 11.6 Å². The van der Waals surface area contributed by atoms with Crippen molar-refractivity contribution < 1.29 is 14.3 Å². The first kappa shape index (κ1) is 22.0. The van der Waals surface area contributed by atoms with Gasteiger partial charge in [-0.3, -0.25) is 14.2 Å². The number of fused-ring (bicyclic) bond motifs is 2. The predicted octanol–water partition coefficient (Wildman–Crippen LogP) is 3.74. The van der Waals surface area contributed by atoms with Crippen LogP contribution in [0.2, 0.25) is 0 Å². The Labute approximate surface area is 205 Å². The third-order valence-corrected chi connectivity index (χ3v) is 6.75. The maximum absolute atomic E-state index is 13.1. The molecule has 0 saturated heterocycles. The first-order chi connectivity index (χ1) is 17.3. The fourth-order valence-corrected chi connectivity index (χ4v) is 4.57. The van der Waals surface area contributed by atoms with Crippen LogP contribution in [0.5, 0.6) is 5.75 Å². The van der Waals surface area contributed by atoms with Crippen molar-refractivity contribution >= 4 is 28.0 Å². The molecule has 6 rings (SSSR count). The summed E-state index contributed by atoms with van der Waals surface area (Å²) >= 11 is 0. The zero-order valence-corrected chi connectivity index (χ0v) is 20.1. The number of benzene rings is 2. The highest BCUT2D eigenvalue weighted by atomic mass is 16.4. The average molecular weight is 485 g/mol. The molecule has 36 heavy (non-hydrogen) atoms. The van der Waals surface area contributed by atoms with E-state index in [2.05, 4.69) is 14.5 Å². The van der Waals surface area contributed by atoms with Gasteiger partial charge in [-0.2, -0.15) is 0 Å². The number of imidazole rings is 1. The van der Waals surface area contributed by atoms with Crippen LogP contribution in [-0.2, 0) is 7.05 Å². The molecule has 10 nitrogen and oxygen atoms in total. The zero-order chi connectivity index (χ0) is 25.1. The Balaban J connectivity index is 1.59. The molecule has 2 aromatic carbocycles. The van der Waals surface area contributed by atoms with Crippen molar-refractivity contribution in [2.24, 2.45) is 7.05 Å². The monoisotopic (exact) mass is 484 g/mol. The summed E-state index contributed by atoms with van der Waals surface area (Å²) in [5, 5.41) is 10.7. The molecule has 5 aromatic rings. The molecular weight excluding hydrogens is 460 g/mol. The lowest BCUT2D eigenvalue weighted by Gasteiger charge is -2.29. The minimum Gasteiger partial charge on any atom is -0.501 e. The van der Waals surface area contributed by atoms with E-state index < -0.39 is 11.3 Å². The number of oxazole rings is 1. The molecule has 1 fully saturated rings.